The second-order valence-corrected chi connectivity index (χ2v) is 5.46. The molecule has 0 unspecified atom stereocenters. The Morgan fingerprint density at radius 2 is 2.16 bits per heavy atom. The number of aryl methyl sites for hydroxylation is 1. The zero-order valence-corrected chi connectivity index (χ0v) is 11.9. The first-order valence-corrected chi connectivity index (χ1v) is 7.16. The first-order chi connectivity index (χ1) is 9.13. The van der Waals surface area contributed by atoms with E-state index in [1.54, 1.807) is 17.1 Å². The summed E-state index contributed by atoms with van der Waals surface area (Å²) in [5.41, 5.74) is 6.62. The Hall–Kier alpha value is -1.36. The molecule has 5 heteroatoms. The van der Waals surface area contributed by atoms with Crippen LogP contribution in [0.2, 0.25) is 0 Å². The first-order valence-electron chi connectivity index (χ1n) is 7.16. The van der Waals surface area contributed by atoms with Gasteiger partial charge in [0.05, 0.1) is 12.5 Å². The smallest absolute Gasteiger partial charge is 0.272 e. The van der Waals surface area contributed by atoms with Gasteiger partial charge in [-0.05, 0) is 32.1 Å². The van der Waals surface area contributed by atoms with Crippen molar-refractivity contribution < 1.29 is 4.79 Å². The summed E-state index contributed by atoms with van der Waals surface area (Å²) in [5, 5.41) is 0. The molecule has 0 atom stereocenters. The molecule has 2 N–H and O–H groups in total. The predicted octanol–water partition coefficient (Wildman–Crippen LogP) is 1.54. The Morgan fingerprint density at radius 1 is 1.47 bits per heavy atom. The molecule has 1 fully saturated rings. The summed E-state index contributed by atoms with van der Waals surface area (Å²) < 4.78 is 1.79. The third kappa shape index (κ3) is 3.15. The van der Waals surface area contributed by atoms with E-state index >= 15 is 0 Å². The van der Waals surface area contributed by atoms with Gasteiger partial charge in [0.1, 0.15) is 5.69 Å². The minimum atomic E-state index is 0.0994. The van der Waals surface area contributed by atoms with E-state index in [0.717, 1.165) is 38.6 Å². The van der Waals surface area contributed by atoms with Crippen molar-refractivity contribution in [2.45, 2.75) is 51.1 Å². The molecule has 0 radical (unpaired) electrons. The van der Waals surface area contributed by atoms with E-state index in [2.05, 4.69) is 11.9 Å². The van der Waals surface area contributed by atoms with Crippen molar-refractivity contribution in [2.24, 2.45) is 12.8 Å². The highest BCUT2D eigenvalue weighted by Gasteiger charge is 2.28. The van der Waals surface area contributed by atoms with E-state index in [0.29, 0.717) is 17.8 Å². The zero-order chi connectivity index (χ0) is 13.8. The Labute approximate surface area is 114 Å². The predicted molar refractivity (Wildman–Crippen MR) is 74.8 cm³/mol. The molecule has 0 bridgehead atoms. The molecule has 0 saturated heterocycles. The summed E-state index contributed by atoms with van der Waals surface area (Å²) in [6, 6.07) is 0.647. The highest BCUT2D eigenvalue weighted by atomic mass is 16.2. The van der Waals surface area contributed by atoms with Gasteiger partial charge in [0, 0.05) is 25.7 Å². The molecular weight excluding hydrogens is 240 g/mol. The number of aromatic nitrogens is 2. The molecule has 1 saturated carbocycles. The monoisotopic (exact) mass is 264 g/mol. The largest absolute Gasteiger partial charge is 0.334 e. The van der Waals surface area contributed by atoms with Gasteiger partial charge in [-0.3, -0.25) is 4.79 Å². The number of nitrogens with zero attached hydrogens (tertiary/aromatic N) is 3. The van der Waals surface area contributed by atoms with Crippen LogP contribution in [0.5, 0.6) is 0 Å². The maximum atomic E-state index is 12.6. The van der Waals surface area contributed by atoms with E-state index in [1.165, 1.54) is 0 Å². The van der Waals surface area contributed by atoms with Gasteiger partial charge in [-0.25, -0.2) is 4.98 Å². The van der Waals surface area contributed by atoms with Crippen LogP contribution in [0.1, 0.15) is 49.5 Å². The first kappa shape index (κ1) is 14.1. The normalized spacial score (nSPS) is 23.3. The van der Waals surface area contributed by atoms with Crippen molar-refractivity contribution in [1.29, 1.82) is 0 Å². The number of hydrogen-bond acceptors (Lipinski definition) is 3. The van der Waals surface area contributed by atoms with Crippen LogP contribution in [0.25, 0.3) is 0 Å². The highest BCUT2D eigenvalue weighted by molar-refractivity contribution is 5.92. The van der Waals surface area contributed by atoms with Gasteiger partial charge in [-0.15, -0.1) is 0 Å². The van der Waals surface area contributed by atoms with Gasteiger partial charge in [0.25, 0.3) is 5.91 Å². The average Bonchev–Trinajstić information content (AvgIpc) is 2.83. The molecule has 1 aliphatic rings. The Bertz CT molecular complexity index is 421. The summed E-state index contributed by atoms with van der Waals surface area (Å²) in [4.78, 5) is 18.7. The standard InChI is InChI=1S/C14H24N4O/c1-3-8-18(12-6-4-11(15)5-7-12)14(19)13-9-16-10-17(13)2/h9-12H,3-8,15H2,1-2H3. The Kier molecular flexibility index (Phi) is 4.58. The number of hydrogen-bond donors (Lipinski definition) is 1. The summed E-state index contributed by atoms with van der Waals surface area (Å²) >= 11 is 0. The maximum Gasteiger partial charge on any atom is 0.272 e. The van der Waals surface area contributed by atoms with Crippen molar-refractivity contribution in [3.05, 3.63) is 18.2 Å². The molecule has 0 spiro atoms. The lowest BCUT2D eigenvalue weighted by Crippen LogP contribution is -2.45. The van der Waals surface area contributed by atoms with Crippen LogP contribution in [-0.4, -0.2) is 39.0 Å². The lowest BCUT2D eigenvalue weighted by Gasteiger charge is -2.36. The summed E-state index contributed by atoms with van der Waals surface area (Å²) in [7, 11) is 1.86. The number of rotatable bonds is 4. The fraction of sp³-hybridized carbons (Fsp3) is 0.714. The minimum Gasteiger partial charge on any atom is -0.334 e. The number of nitrogens with two attached hydrogens (primary N) is 1. The lowest BCUT2D eigenvalue weighted by molar-refractivity contribution is 0.0617. The minimum absolute atomic E-state index is 0.0994. The highest BCUT2D eigenvalue weighted by Crippen LogP contribution is 2.23. The van der Waals surface area contributed by atoms with E-state index in [4.69, 9.17) is 5.73 Å². The van der Waals surface area contributed by atoms with Crippen LogP contribution in [0, 0.1) is 0 Å². The number of carbonyl (C=O) groups is 1. The van der Waals surface area contributed by atoms with Gasteiger partial charge >= 0.3 is 0 Å². The fourth-order valence-corrected chi connectivity index (χ4v) is 2.81. The molecule has 106 valence electrons. The van der Waals surface area contributed by atoms with Gasteiger partial charge in [-0.2, -0.15) is 0 Å². The number of amides is 1. The molecule has 5 nitrogen and oxygen atoms in total. The van der Waals surface area contributed by atoms with Crippen LogP contribution in [0.3, 0.4) is 0 Å². The van der Waals surface area contributed by atoms with E-state index in [1.807, 2.05) is 11.9 Å². The molecule has 1 heterocycles. The van der Waals surface area contributed by atoms with E-state index in [9.17, 15) is 4.79 Å². The van der Waals surface area contributed by atoms with Crippen LogP contribution < -0.4 is 5.73 Å². The zero-order valence-electron chi connectivity index (χ0n) is 11.9. The van der Waals surface area contributed by atoms with Gasteiger partial charge in [-0.1, -0.05) is 6.92 Å². The van der Waals surface area contributed by atoms with Crippen molar-refractivity contribution >= 4 is 5.91 Å². The summed E-state index contributed by atoms with van der Waals surface area (Å²) in [6.07, 6.45) is 8.38. The van der Waals surface area contributed by atoms with Crippen LogP contribution in [0.4, 0.5) is 0 Å². The second kappa shape index (κ2) is 6.19. The van der Waals surface area contributed by atoms with Crippen LogP contribution >= 0.6 is 0 Å². The van der Waals surface area contributed by atoms with Crippen molar-refractivity contribution in [2.75, 3.05) is 6.54 Å². The lowest BCUT2D eigenvalue weighted by atomic mass is 9.90. The van der Waals surface area contributed by atoms with E-state index in [-0.39, 0.29) is 5.91 Å². The van der Waals surface area contributed by atoms with E-state index < -0.39 is 0 Å². The molecule has 19 heavy (non-hydrogen) atoms. The number of imidazole rings is 1. The van der Waals surface area contributed by atoms with Gasteiger partial charge < -0.3 is 15.2 Å². The summed E-state index contributed by atoms with van der Waals surface area (Å²) in [6.45, 7) is 2.92. The summed E-state index contributed by atoms with van der Waals surface area (Å²) in [5.74, 6) is 0.0994. The second-order valence-electron chi connectivity index (χ2n) is 5.46. The molecule has 1 aromatic rings. The molecule has 1 aliphatic carbocycles. The molecule has 2 rings (SSSR count). The molecular formula is C14H24N4O. The van der Waals surface area contributed by atoms with Gasteiger partial charge in [0.15, 0.2) is 0 Å². The average molecular weight is 264 g/mol. The number of carbonyl (C=O) groups excluding carboxylic acids is 1. The SMILES string of the molecule is CCCN(C(=O)c1cncn1C)C1CCC(N)CC1. The Morgan fingerprint density at radius 3 is 2.68 bits per heavy atom. The molecule has 1 aromatic heterocycles. The van der Waals surface area contributed by atoms with Crippen molar-refractivity contribution in [3.63, 3.8) is 0 Å². The van der Waals surface area contributed by atoms with Gasteiger partial charge in [0.2, 0.25) is 0 Å². The fourth-order valence-electron chi connectivity index (χ4n) is 2.81. The molecule has 0 aromatic carbocycles. The molecule has 1 amide bonds. The maximum absolute atomic E-state index is 12.6. The third-order valence-corrected chi connectivity index (χ3v) is 3.94. The Balaban J connectivity index is 2.11. The topological polar surface area (TPSA) is 64.2 Å². The third-order valence-electron chi connectivity index (χ3n) is 3.94. The van der Waals surface area contributed by atoms with Crippen LogP contribution in [-0.2, 0) is 7.05 Å². The van der Waals surface area contributed by atoms with Crippen molar-refractivity contribution in [1.82, 2.24) is 14.5 Å². The van der Waals surface area contributed by atoms with Crippen LogP contribution in [0.15, 0.2) is 12.5 Å². The quantitative estimate of drug-likeness (QED) is 0.897. The van der Waals surface area contributed by atoms with Crippen molar-refractivity contribution in [3.8, 4) is 0 Å². The molecule has 0 aliphatic heterocycles.